The molecule has 22 heavy (non-hydrogen) atoms. The zero-order chi connectivity index (χ0) is 16.3. The topological polar surface area (TPSA) is 93.8 Å². The minimum Gasteiger partial charge on any atom is -0.368 e. The lowest BCUT2D eigenvalue weighted by Crippen LogP contribution is -2.33. The minimum atomic E-state index is -4.65. The van der Waals surface area contributed by atoms with Crippen LogP contribution in [0.1, 0.15) is 12.6 Å². The molecule has 0 aliphatic rings. The highest BCUT2D eigenvalue weighted by atomic mass is 19.4. The molecular formula is C13H12F3N5O. The van der Waals surface area contributed by atoms with Crippen LogP contribution in [0.2, 0.25) is 0 Å². The predicted molar refractivity (Wildman–Crippen MR) is 72.5 cm³/mol. The van der Waals surface area contributed by atoms with E-state index >= 15 is 0 Å². The summed E-state index contributed by atoms with van der Waals surface area (Å²) in [6, 6.07) is 2.93. The van der Waals surface area contributed by atoms with Crippen LogP contribution in [-0.2, 0) is 11.0 Å². The molecule has 2 rings (SSSR count). The highest BCUT2D eigenvalue weighted by Gasteiger charge is 2.34. The van der Waals surface area contributed by atoms with Crippen molar-refractivity contribution in [2.75, 3.05) is 5.32 Å². The molecule has 0 saturated heterocycles. The third kappa shape index (κ3) is 3.68. The number of nitrogens with two attached hydrogens (primary N) is 1. The van der Waals surface area contributed by atoms with Crippen molar-refractivity contribution >= 4 is 11.7 Å². The first kappa shape index (κ1) is 15.7. The molecule has 116 valence electrons. The summed E-state index contributed by atoms with van der Waals surface area (Å²) in [7, 11) is 0. The Morgan fingerprint density at radius 3 is 2.64 bits per heavy atom. The fourth-order valence-corrected chi connectivity index (χ4v) is 1.58. The molecule has 1 atom stereocenters. The number of nitrogens with one attached hydrogen (secondary N) is 1. The number of primary amides is 1. The third-order valence-corrected chi connectivity index (χ3v) is 2.73. The second-order valence-corrected chi connectivity index (χ2v) is 4.47. The SMILES string of the molecule is CC(Nc1cc(C(F)(F)F)nc(-c2cccnc2)n1)C(N)=O. The maximum absolute atomic E-state index is 12.9. The van der Waals surface area contributed by atoms with Gasteiger partial charge < -0.3 is 11.1 Å². The molecule has 0 fully saturated rings. The number of halogens is 3. The number of amides is 1. The average Bonchev–Trinajstić information content (AvgIpc) is 2.46. The number of aromatic nitrogens is 3. The van der Waals surface area contributed by atoms with Gasteiger partial charge in [-0.3, -0.25) is 9.78 Å². The molecule has 1 unspecified atom stereocenters. The Bertz CT molecular complexity index is 675. The van der Waals surface area contributed by atoms with Crippen LogP contribution in [0.5, 0.6) is 0 Å². The second-order valence-electron chi connectivity index (χ2n) is 4.47. The Balaban J connectivity index is 2.48. The van der Waals surface area contributed by atoms with Crippen molar-refractivity contribution in [2.45, 2.75) is 19.1 Å². The van der Waals surface area contributed by atoms with Gasteiger partial charge in [0.2, 0.25) is 5.91 Å². The molecule has 9 heteroatoms. The molecule has 3 N–H and O–H groups in total. The fraction of sp³-hybridized carbons (Fsp3) is 0.231. The van der Waals surface area contributed by atoms with Crippen molar-refractivity contribution in [3.8, 4) is 11.4 Å². The van der Waals surface area contributed by atoms with Crippen LogP contribution < -0.4 is 11.1 Å². The van der Waals surface area contributed by atoms with Crippen molar-refractivity contribution in [3.63, 3.8) is 0 Å². The van der Waals surface area contributed by atoms with E-state index in [1.807, 2.05) is 0 Å². The van der Waals surface area contributed by atoms with Crippen molar-refractivity contribution in [1.29, 1.82) is 0 Å². The van der Waals surface area contributed by atoms with E-state index < -0.39 is 23.8 Å². The highest BCUT2D eigenvalue weighted by Crippen LogP contribution is 2.30. The molecule has 0 saturated carbocycles. The fourth-order valence-electron chi connectivity index (χ4n) is 1.58. The number of hydrogen-bond donors (Lipinski definition) is 2. The molecule has 0 aliphatic carbocycles. The van der Waals surface area contributed by atoms with E-state index in [9.17, 15) is 18.0 Å². The molecule has 2 aromatic heterocycles. The van der Waals surface area contributed by atoms with Crippen molar-refractivity contribution in [3.05, 3.63) is 36.3 Å². The number of hydrogen-bond acceptors (Lipinski definition) is 5. The van der Waals surface area contributed by atoms with Crippen LogP contribution in [0.15, 0.2) is 30.6 Å². The lowest BCUT2D eigenvalue weighted by molar-refractivity contribution is -0.141. The van der Waals surface area contributed by atoms with Crippen molar-refractivity contribution in [1.82, 2.24) is 15.0 Å². The molecule has 0 aliphatic heterocycles. The quantitative estimate of drug-likeness (QED) is 0.898. The number of pyridine rings is 1. The van der Waals surface area contributed by atoms with Gasteiger partial charge in [0, 0.05) is 24.0 Å². The third-order valence-electron chi connectivity index (χ3n) is 2.73. The van der Waals surface area contributed by atoms with Gasteiger partial charge >= 0.3 is 6.18 Å². The molecule has 0 radical (unpaired) electrons. The first-order valence-corrected chi connectivity index (χ1v) is 6.20. The van der Waals surface area contributed by atoms with Gasteiger partial charge in [-0.2, -0.15) is 13.2 Å². The molecule has 6 nitrogen and oxygen atoms in total. The number of alkyl halides is 3. The minimum absolute atomic E-state index is 0.146. The summed E-state index contributed by atoms with van der Waals surface area (Å²) in [6.45, 7) is 1.42. The summed E-state index contributed by atoms with van der Waals surface area (Å²) < 4.78 is 38.8. The normalized spacial score (nSPS) is 12.7. The molecule has 0 spiro atoms. The smallest absolute Gasteiger partial charge is 0.368 e. The lowest BCUT2D eigenvalue weighted by atomic mass is 10.2. The van der Waals surface area contributed by atoms with Crippen LogP contribution in [0.4, 0.5) is 19.0 Å². The Kier molecular flexibility index (Phi) is 4.25. The molecular weight excluding hydrogens is 299 g/mol. The van der Waals surface area contributed by atoms with Crippen LogP contribution in [0.25, 0.3) is 11.4 Å². The van der Waals surface area contributed by atoms with E-state index in [4.69, 9.17) is 5.73 Å². The summed E-state index contributed by atoms with van der Waals surface area (Å²) in [5.74, 6) is -1.01. The van der Waals surface area contributed by atoms with Crippen molar-refractivity contribution in [2.24, 2.45) is 5.73 Å². The van der Waals surface area contributed by atoms with Gasteiger partial charge in [-0.1, -0.05) is 0 Å². The van der Waals surface area contributed by atoms with Gasteiger partial charge in [-0.05, 0) is 19.1 Å². The van der Waals surface area contributed by atoms with E-state index in [-0.39, 0.29) is 11.6 Å². The number of carbonyl (C=O) groups is 1. The van der Waals surface area contributed by atoms with E-state index in [1.165, 1.54) is 25.4 Å². The average molecular weight is 311 g/mol. The molecule has 2 heterocycles. The summed E-state index contributed by atoms with van der Waals surface area (Å²) in [5, 5.41) is 2.52. The number of nitrogens with zero attached hydrogens (tertiary/aromatic N) is 3. The molecule has 0 bridgehead atoms. The Morgan fingerprint density at radius 1 is 1.36 bits per heavy atom. The first-order chi connectivity index (χ1) is 10.3. The first-order valence-electron chi connectivity index (χ1n) is 6.20. The monoisotopic (exact) mass is 311 g/mol. The summed E-state index contributed by atoms with van der Waals surface area (Å²) >= 11 is 0. The van der Waals surface area contributed by atoms with Crippen molar-refractivity contribution < 1.29 is 18.0 Å². The van der Waals surface area contributed by atoms with Gasteiger partial charge in [0.05, 0.1) is 0 Å². The number of rotatable bonds is 4. The lowest BCUT2D eigenvalue weighted by Gasteiger charge is -2.14. The van der Waals surface area contributed by atoms with Crippen LogP contribution in [0, 0.1) is 0 Å². The predicted octanol–water partition coefficient (Wildman–Crippen LogP) is 1.84. The maximum atomic E-state index is 12.9. The standard InChI is InChI=1S/C13H12F3N5O/c1-7(11(17)22)19-10-5-9(13(14,15)16)20-12(21-10)8-3-2-4-18-6-8/h2-7H,1H3,(H2,17,22)(H,19,20,21). The van der Waals surface area contributed by atoms with Gasteiger partial charge in [0.15, 0.2) is 11.5 Å². The Hall–Kier alpha value is -2.71. The summed E-state index contributed by atoms with van der Waals surface area (Å²) in [6.07, 6.45) is -1.82. The van der Waals surface area contributed by atoms with E-state index in [0.29, 0.717) is 5.56 Å². The van der Waals surface area contributed by atoms with Gasteiger partial charge in [0.25, 0.3) is 0 Å². The maximum Gasteiger partial charge on any atom is 0.433 e. The molecule has 0 aromatic carbocycles. The largest absolute Gasteiger partial charge is 0.433 e. The molecule has 1 amide bonds. The Labute approximate surface area is 123 Å². The zero-order valence-electron chi connectivity index (χ0n) is 11.4. The number of carbonyl (C=O) groups excluding carboxylic acids is 1. The number of anilines is 1. The van der Waals surface area contributed by atoms with Gasteiger partial charge in [-0.15, -0.1) is 0 Å². The van der Waals surface area contributed by atoms with E-state index in [2.05, 4.69) is 20.3 Å². The van der Waals surface area contributed by atoms with E-state index in [0.717, 1.165) is 6.07 Å². The van der Waals surface area contributed by atoms with Crippen LogP contribution in [0.3, 0.4) is 0 Å². The van der Waals surface area contributed by atoms with Crippen LogP contribution >= 0.6 is 0 Å². The molecule has 2 aromatic rings. The zero-order valence-corrected chi connectivity index (χ0v) is 11.4. The van der Waals surface area contributed by atoms with Crippen LogP contribution in [-0.4, -0.2) is 26.9 Å². The summed E-state index contributed by atoms with van der Waals surface area (Å²) in [5.41, 5.74) is 4.28. The van der Waals surface area contributed by atoms with Gasteiger partial charge in [0.1, 0.15) is 11.9 Å². The summed E-state index contributed by atoms with van der Waals surface area (Å²) in [4.78, 5) is 22.3. The highest BCUT2D eigenvalue weighted by molar-refractivity contribution is 5.82. The van der Waals surface area contributed by atoms with Gasteiger partial charge in [-0.25, -0.2) is 9.97 Å². The van der Waals surface area contributed by atoms with E-state index in [1.54, 1.807) is 6.07 Å². The second kappa shape index (κ2) is 5.96. The Morgan fingerprint density at radius 2 is 2.09 bits per heavy atom.